The van der Waals surface area contributed by atoms with E-state index in [0.29, 0.717) is 12.5 Å². The summed E-state index contributed by atoms with van der Waals surface area (Å²) in [5, 5.41) is 10.5. The van der Waals surface area contributed by atoms with E-state index in [9.17, 15) is 4.79 Å². The third kappa shape index (κ3) is 6.31. The molecule has 0 atom stereocenters. The number of likely N-dealkylation sites (N-methyl/N-ethyl adjacent to an activating group) is 1. The van der Waals surface area contributed by atoms with Crippen molar-refractivity contribution in [3.8, 4) is 11.1 Å². The van der Waals surface area contributed by atoms with Crippen molar-refractivity contribution in [1.29, 1.82) is 0 Å². The molecule has 2 aromatic heterocycles. The number of pyridine rings is 1. The summed E-state index contributed by atoms with van der Waals surface area (Å²) in [6.07, 6.45) is 7.03. The molecule has 9 nitrogen and oxygen atoms in total. The Hall–Kier alpha value is -4.34. The monoisotopic (exact) mass is 508 g/mol. The van der Waals surface area contributed by atoms with Crippen molar-refractivity contribution >= 4 is 40.0 Å². The van der Waals surface area contributed by atoms with E-state index < -0.39 is 0 Å². The van der Waals surface area contributed by atoms with Gasteiger partial charge in [0.15, 0.2) is 0 Å². The van der Waals surface area contributed by atoms with Gasteiger partial charge in [-0.15, -0.1) is 0 Å². The van der Waals surface area contributed by atoms with Crippen LogP contribution in [0.1, 0.15) is 0 Å². The highest BCUT2D eigenvalue weighted by molar-refractivity contribution is 6.00. The minimum atomic E-state index is -0.160. The number of hydrogen-bond acceptors (Lipinski definition) is 8. The molecule has 38 heavy (non-hydrogen) atoms. The summed E-state index contributed by atoms with van der Waals surface area (Å²) >= 11 is 0. The number of benzene rings is 2. The molecule has 1 fully saturated rings. The quantitative estimate of drug-likeness (QED) is 0.308. The number of fused-ring (bicyclic) bond motifs is 1. The van der Waals surface area contributed by atoms with Crippen molar-refractivity contribution in [2.45, 2.75) is 0 Å². The zero-order valence-corrected chi connectivity index (χ0v) is 21.7. The Bertz CT molecular complexity index is 1430. The number of para-hydroxylation sites is 1. The van der Waals surface area contributed by atoms with Gasteiger partial charge in [0.1, 0.15) is 5.82 Å². The van der Waals surface area contributed by atoms with Crippen LogP contribution in [0.3, 0.4) is 0 Å². The molecule has 0 spiro atoms. The molecular formula is C29H32N8O. The molecule has 0 unspecified atom stereocenters. The fourth-order valence-corrected chi connectivity index (χ4v) is 4.34. The summed E-state index contributed by atoms with van der Waals surface area (Å²) in [7, 11) is 3.92. The number of carbonyl (C=O) groups is 1. The van der Waals surface area contributed by atoms with Gasteiger partial charge in [0.25, 0.3) is 0 Å². The Morgan fingerprint density at radius 2 is 1.87 bits per heavy atom. The van der Waals surface area contributed by atoms with Crippen LogP contribution in [-0.2, 0) is 4.79 Å². The number of nitrogens with one attached hydrogen (secondary N) is 3. The first kappa shape index (κ1) is 25.3. The van der Waals surface area contributed by atoms with E-state index in [1.165, 1.54) is 0 Å². The number of aromatic nitrogens is 3. The van der Waals surface area contributed by atoms with Crippen LogP contribution in [0.15, 0.2) is 79.1 Å². The third-order valence-electron chi connectivity index (χ3n) is 6.24. The topological polar surface area (TPSA) is 98.3 Å². The van der Waals surface area contributed by atoms with Gasteiger partial charge in [0, 0.05) is 61.6 Å². The van der Waals surface area contributed by atoms with Gasteiger partial charge in [0.05, 0.1) is 17.4 Å². The van der Waals surface area contributed by atoms with Gasteiger partial charge in [-0.05, 0) is 43.9 Å². The van der Waals surface area contributed by atoms with Gasteiger partial charge >= 0.3 is 0 Å². The molecule has 194 valence electrons. The fourth-order valence-electron chi connectivity index (χ4n) is 4.34. The number of carbonyl (C=O) groups excluding carboxylic acids is 1. The van der Waals surface area contributed by atoms with Gasteiger partial charge in [-0.2, -0.15) is 0 Å². The number of anilines is 4. The van der Waals surface area contributed by atoms with E-state index in [2.05, 4.69) is 30.8 Å². The molecule has 4 aromatic rings. The maximum Gasteiger partial charge on any atom is 0.248 e. The molecule has 1 amide bonds. The Balaban J connectivity index is 1.35. The lowest BCUT2D eigenvalue weighted by Gasteiger charge is -2.28. The van der Waals surface area contributed by atoms with Crippen molar-refractivity contribution in [2.75, 3.05) is 62.4 Å². The predicted octanol–water partition coefficient (Wildman–Crippen LogP) is 3.90. The molecule has 2 aromatic carbocycles. The van der Waals surface area contributed by atoms with E-state index in [-0.39, 0.29) is 5.91 Å². The zero-order chi connectivity index (χ0) is 26.3. The lowest BCUT2D eigenvalue weighted by molar-refractivity contribution is -0.111. The molecule has 3 N–H and O–H groups in total. The summed E-state index contributed by atoms with van der Waals surface area (Å²) in [5.41, 5.74) is 4.29. The van der Waals surface area contributed by atoms with Gasteiger partial charge in [-0.1, -0.05) is 36.4 Å². The standard InChI is InChI=1S/C29H32N8O/c1-36(2)15-5-10-27(38)33-23-8-3-6-21(18-23)25-9-4-7-22-19-32-29(35-28(22)25)34-24-11-12-26(31-20-24)37-16-13-30-14-17-37/h3-12,18-20,30H,13-17H2,1-2H3,(H,33,38)(H,32,34,35)/b10-5+. The van der Waals surface area contributed by atoms with Crippen molar-refractivity contribution in [3.05, 3.63) is 79.1 Å². The maximum atomic E-state index is 12.3. The normalized spacial score (nSPS) is 13.8. The maximum absolute atomic E-state index is 12.3. The molecule has 0 bridgehead atoms. The molecule has 0 saturated carbocycles. The van der Waals surface area contributed by atoms with E-state index >= 15 is 0 Å². The highest BCUT2D eigenvalue weighted by Crippen LogP contribution is 2.30. The number of amides is 1. The zero-order valence-electron chi connectivity index (χ0n) is 21.7. The summed E-state index contributed by atoms with van der Waals surface area (Å²) in [4.78, 5) is 30.6. The Morgan fingerprint density at radius 1 is 1.03 bits per heavy atom. The van der Waals surface area contributed by atoms with Gasteiger partial charge in [-0.25, -0.2) is 15.0 Å². The highest BCUT2D eigenvalue weighted by atomic mass is 16.1. The number of hydrogen-bond donors (Lipinski definition) is 3. The van der Waals surface area contributed by atoms with Crippen molar-refractivity contribution < 1.29 is 4.79 Å². The van der Waals surface area contributed by atoms with Gasteiger partial charge < -0.3 is 25.8 Å². The van der Waals surface area contributed by atoms with Crippen LogP contribution in [0, 0.1) is 0 Å². The van der Waals surface area contributed by atoms with Crippen molar-refractivity contribution in [3.63, 3.8) is 0 Å². The molecule has 1 aliphatic rings. The summed E-state index contributed by atoms with van der Waals surface area (Å²) in [6.45, 7) is 4.55. The third-order valence-corrected chi connectivity index (χ3v) is 6.24. The van der Waals surface area contributed by atoms with Crippen molar-refractivity contribution in [1.82, 2.24) is 25.2 Å². The minimum Gasteiger partial charge on any atom is -0.354 e. The lowest BCUT2D eigenvalue weighted by Crippen LogP contribution is -2.43. The largest absolute Gasteiger partial charge is 0.354 e. The Labute approximate surface area is 222 Å². The van der Waals surface area contributed by atoms with E-state index in [1.807, 2.05) is 92.1 Å². The molecule has 1 saturated heterocycles. The van der Waals surface area contributed by atoms with Gasteiger partial charge in [-0.3, -0.25) is 4.79 Å². The lowest BCUT2D eigenvalue weighted by atomic mass is 10.0. The molecule has 0 radical (unpaired) electrons. The average Bonchev–Trinajstić information content (AvgIpc) is 2.93. The first-order chi connectivity index (χ1) is 18.5. The highest BCUT2D eigenvalue weighted by Gasteiger charge is 2.12. The van der Waals surface area contributed by atoms with Crippen LogP contribution in [-0.4, -0.2) is 72.6 Å². The molecule has 1 aliphatic heterocycles. The second-order valence-corrected chi connectivity index (χ2v) is 9.44. The van der Waals surface area contributed by atoms with E-state index in [0.717, 1.165) is 65.4 Å². The van der Waals surface area contributed by atoms with Crippen molar-refractivity contribution in [2.24, 2.45) is 0 Å². The van der Waals surface area contributed by atoms with Crippen LogP contribution < -0.4 is 20.9 Å². The Morgan fingerprint density at radius 3 is 2.66 bits per heavy atom. The predicted molar refractivity (Wildman–Crippen MR) is 154 cm³/mol. The summed E-state index contributed by atoms with van der Waals surface area (Å²) in [6, 6.07) is 17.8. The number of nitrogens with zero attached hydrogens (tertiary/aromatic N) is 5. The van der Waals surface area contributed by atoms with Crippen LogP contribution in [0.5, 0.6) is 0 Å². The van der Waals surface area contributed by atoms with E-state index in [4.69, 9.17) is 4.98 Å². The summed E-state index contributed by atoms with van der Waals surface area (Å²) < 4.78 is 0. The second-order valence-electron chi connectivity index (χ2n) is 9.44. The molecule has 0 aliphatic carbocycles. The first-order valence-electron chi connectivity index (χ1n) is 12.7. The molecular weight excluding hydrogens is 476 g/mol. The molecule has 5 rings (SSSR count). The summed E-state index contributed by atoms with van der Waals surface area (Å²) in [5.74, 6) is 1.31. The van der Waals surface area contributed by atoms with Crippen LogP contribution in [0.25, 0.3) is 22.0 Å². The molecule has 3 heterocycles. The fraction of sp³-hybridized carbons (Fsp3) is 0.241. The Kier molecular flexibility index (Phi) is 7.86. The SMILES string of the molecule is CN(C)C/C=C/C(=O)Nc1cccc(-c2cccc3cnc(Nc4ccc(N5CCNCC5)nc4)nc23)c1. The second kappa shape index (κ2) is 11.8. The number of rotatable bonds is 8. The molecule has 9 heteroatoms. The van der Waals surface area contributed by atoms with Crippen LogP contribution >= 0.6 is 0 Å². The smallest absolute Gasteiger partial charge is 0.248 e. The van der Waals surface area contributed by atoms with Gasteiger partial charge in [0.2, 0.25) is 11.9 Å². The van der Waals surface area contributed by atoms with E-state index in [1.54, 1.807) is 6.08 Å². The number of piperazine rings is 1. The average molecular weight is 509 g/mol. The van der Waals surface area contributed by atoms with Crippen LogP contribution in [0.4, 0.5) is 23.1 Å². The minimum absolute atomic E-state index is 0.160. The van der Waals surface area contributed by atoms with Crippen LogP contribution in [0.2, 0.25) is 0 Å². The first-order valence-corrected chi connectivity index (χ1v) is 12.7.